The van der Waals surface area contributed by atoms with E-state index in [1.165, 1.54) is 15.3 Å². The average Bonchev–Trinajstić information content (AvgIpc) is 2.51. The second-order valence-electron chi connectivity index (χ2n) is 2.95. The normalized spacial score (nSPS) is 12.9. The van der Waals surface area contributed by atoms with Gasteiger partial charge in [-0.1, -0.05) is 13.5 Å². The lowest BCUT2D eigenvalue weighted by Crippen LogP contribution is -2.01. The van der Waals surface area contributed by atoms with Crippen molar-refractivity contribution in [2.24, 2.45) is 5.73 Å². The zero-order valence-corrected chi connectivity index (χ0v) is 8.45. The van der Waals surface area contributed by atoms with Gasteiger partial charge in [0.15, 0.2) is 0 Å². The highest BCUT2D eigenvalue weighted by Crippen LogP contribution is 2.27. The minimum absolute atomic E-state index is 0.147. The zero-order valence-electron chi connectivity index (χ0n) is 7.63. The molecule has 1 unspecified atom stereocenters. The maximum Gasteiger partial charge on any atom is 0.0361 e. The molecule has 2 heteroatoms. The van der Waals surface area contributed by atoms with Crippen LogP contribution in [0, 0.1) is 0 Å². The molecule has 1 rings (SSSR count). The van der Waals surface area contributed by atoms with Crippen LogP contribution in [-0.4, -0.2) is 0 Å². The number of rotatable bonds is 3. The summed E-state index contributed by atoms with van der Waals surface area (Å²) in [7, 11) is 0. The van der Waals surface area contributed by atoms with E-state index in [0.29, 0.717) is 0 Å². The molecule has 0 aliphatic carbocycles. The molecule has 0 saturated carbocycles. The molecule has 1 heterocycles. The Balaban J connectivity index is 2.84. The van der Waals surface area contributed by atoms with E-state index >= 15 is 0 Å². The van der Waals surface area contributed by atoms with E-state index in [-0.39, 0.29) is 6.04 Å². The first-order valence-electron chi connectivity index (χ1n) is 4.18. The van der Waals surface area contributed by atoms with Gasteiger partial charge in [0, 0.05) is 15.8 Å². The summed E-state index contributed by atoms with van der Waals surface area (Å²) in [4.78, 5) is 2.50. The molecule has 0 bridgehead atoms. The summed E-state index contributed by atoms with van der Waals surface area (Å²) in [5.74, 6) is 0. The SMILES string of the molecule is C=C(CC)c1ccc(C(C)N)s1. The van der Waals surface area contributed by atoms with Gasteiger partial charge in [0.05, 0.1) is 0 Å². The first-order valence-corrected chi connectivity index (χ1v) is 5.00. The van der Waals surface area contributed by atoms with Crippen LogP contribution in [0.5, 0.6) is 0 Å². The molecule has 0 aliphatic heterocycles. The van der Waals surface area contributed by atoms with E-state index in [4.69, 9.17) is 5.73 Å². The molecule has 2 N–H and O–H groups in total. The summed E-state index contributed by atoms with van der Waals surface area (Å²) >= 11 is 1.75. The van der Waals surface area contributed by atoms with Crippen LogP contribution in [0.2, 0.25) is 0 Å². The molecule has 1 nitrogen and oxygen atoms in total. The molecule has 66 valence electrons. The molecule has 0 spiro atoms. The Bertz CT molecular complexity index is 273. The summed E-state index contributed by atoms with van der Waals surface area (Å²) in [6.45, 7) is 8.11. The lowest BCUT2D eigenvalue weighted by molar-refractivity contribution is 0.838. The van der Waals surface area contributed by atoms with E-state index < -0.39 is 0 Å². The number of thiophene rings is 1. The van der Waals surface area contributed by atoms with E-state index in [2.05, 4.69) is 25.6 Å². The molecule has 1 aromatic heterocycles. The predicted molar refractivity (Wildman–Crippen MR) is 56.2 cm³/mol. The molecule has 0 radical (unpaired) electrons. The van der Waals surface area contributed by atoms with Gasteiger partial charge in [-0.3, -0.25) is 0 Å². The molecule has 1 aromatic rings. The van der Waals surface area contributed by atoms with Crippen LogP contribution in [0.15, 0.2) is 18.7 Å². The van der Waals surface area contributed by atoms with Gasteiger partial charge < -0.3 is 5.73 Å². The summed E-state index contributed by atoms with van der Waals surface area (Å²) < 4.78 is 0. The van der Waals surface area contributed by atoms with Gasteiger partial charge in [-0.15, -0.1) is 11.3 Å². The van der Waals surface area contributed by atoms with E-state index in [1.54, 1.807) is 11.3 Å². The quantitative estimate of drug-likeness (QED) is 0.761. The first kappa shape index (κ1) is 9.49. The van der Waals surface area contributed by atoms with Gasteiger partial charge >= 0.3 is 0 Å². The fourth-order valence-corrected chi connectivity index (χ4v) is 1.96. The largest absolute Gasteiger partial charge is 0.324 e. The summed E-state index contributed by atoms with van der Waals surface area (Å²) in [5.41, 5.74) is 6.95. The van der Waals surface area contributed by atoms with Crippen molar-refractivity contribution in [3.05, 3.63) is 28.5 Å². The molecule has 1 atom stereocenters. The minimum atomic E-state index is 0.147. The average molecular weight is 181 g/mol. The Hall–Kier alpha value is -0.600. The van der Waals surface area contributed by atoms with Crippen molar-refractivity contribution in [1.82, 2.24) is 0 Å². The summed E-state index contributed by atoms with van der Waals surface area (Å²) in [6.07, 6.45) is 1.01. The Morgan fingerprint density at radius 2 is 2.33 bits per heavy atom. The number of nitrogens with two attached hydrogens (primary N) is 1. The number of hydrogen-bond donors (Lipinski definition) is 1. The summed E-state index contributed by atoms with van der Waals surface area (Å²) in [5, 5.41) is 0. The maximum atomic E-state index is 5.75. The highest BCUT2D eigenvalue weighted by atomic mass is 32.1. The molecule has 0 aliphatic rings. The molecule has 0 fully saturated rings. The smallest absolute Gasteiger partial charge is 0.0361 e. The van der Waals surface area contributed by atoms with Crippen molar-refractivity contribution in [2.75, 3.05) is 0 Å². The Morgan fingerprint density at radius 3 is 2.75 bits per heavy atom. The standard InChI is InChI=1S/C10H15NS/c1-4-7(2)9-5-6-10(12-9)8(3)11/h5-6,8H,2,4,11H2,1,3H3. The Morgan fingerprint density at radius 1 is 1.67 bits per heavy atom. The van der Waals surface area contributed by atoms with Crippen LogP contribution < -0.4 is 5.73 Å². The monoisotopic (exact) mass is 181 g/mol. The second kappa shape index (κ2) is 3.87. The fourth-order valence-electron chi connectivity index (χ4n) is 0.962. The third-order valence-electron chi connectivity index (χ3n) is 1.85. The Labute approximate surface area is 77.9 Å². The lowest BCUT2D eigenvalue weighted by Gasteiger charge is -1.99. The van der Waals surface area contributed by atoms with Crippen molar-refractivity contribution in [1.29, 1.82) is 0 Å². The van der Waals surface area contributed by atoms with Gasteiger partial charge in [-0.2, -0.15) is 0 Å². The van der Waals surface area contributed by atoms with Crippen LogP contribution in [0.1, 0.15) is 36.1 Å². The molecular weight excluding hydrogens is 166 g/mol. The highest BCUT2D eigenvalue weighted by molar-refractivity contribution is 7.13. The van der Waals surface area contributed by atoms with Crippen molar-refractivity contribution in [3.63, 3.8) is 0 Å². The Kier molecular flexibility index (Phi) is 3.06. The second-order valence-corrected chi connectivity index (χ2v) is 4.06. The topological polar surface area (TPSA) is 26.0 Å². The molecule has 12 heavy (non-hydrogen) atoms. The van der Waals surface area contributed by atoms with Crippen LogP contribution in [-0.2, 0) is 0 Å². The van der Waals surface area contributed by atoms with Crippen molar-refractivity contribution < 1.29 is 0 Å². The lowest BCUT2D eigenvalue weighted by atomic mass is 10.2. The molecule has 0 saturated heterocycles. The van der Waals surface area contributed by atoms with Crippen LogP contribution >= 0.6 is 11.3 Å². The minimum Gasteiger partial charge on any atom is -0.324 e. The van der Waals surface area contributed by atoms with Crippen molar-refractivity contribution in [2.45, 2.75) is 26.3 Å². The van der Waals surface area contributed by atoms with Gasteiger partial charge in [0.2, 0.25) is 0 Å². The zero-order chi connectivity index (χ0) is 9.14. The van der Waals surface area contributed by atoms with E-state index in [1.807, 2.05) is 6.92 Å². The van der Waals surface area contributed by atoms with Gasteiger partial charge in [0.25, 0.3) is 0 Å². The van der Waals surface area contributed by atoms with Gasteiger partial charge in [-0.05, 0) is 31.1 Å². The van der Waals surface area contributed by atoms with Gasteiger partial charge in [0.1, 0.15) is 0 Å². The fraction of sp³-hybridized carbons (Fsp3) is 0.400. The number of hydrogen-bond acceptors (Lipinski definition) is 2. The third-order valence-corrected chi connectivity index (χ3v) is 3.24. The van der Waals surface area contributed by atoms with Crippen LogP contribution in [0.3, 0.4) is 0 Å². The number of allylic oxidation sites excluding steroid dienone is 1. The molecule has 0 amide bonds. The first-order chi connectivity index (χ1) is 5.65. The van der Waals surface area contributed by atoms with Gasteiger partial charge in [-0.25, -0.2) is 0 Å². The highest BCUT2D eigenvalue weighted by Gasteiger charge is 2.04. The van der Waals surface area contributed by atoms with Crippen molar-refractivity contribution >= 4 is 16.9 Å². The molecular formula is C10H15NS. The van der Waals surface area contributed by atoms with E-state index in [9.17, 15) is 0 Å². The maximum absolute atomic E-state index is 5.75. The predicted octanol–water partition coefficient (Wildman–Crippen LogP) is 3.19. The molecule has 0 aromatic carbocycles. The third kappa shape index (κ3) is 1.96. The summed E-state index contributed by atoms with van der Waals surface area (Å²) in [6, 6.07) is 4.34. The van der Waals surface area contributed by atoms with E-state index in [0.717, 1.165) is 6.42 Å². The van der Waals surface area contributed by atoms with Crippen LogP contribution in [0.25, 0.3) is 5.57 Å². The van der Waals surface area contributed by atoms with Crippen LogP contribution in [0.4, 0.5) is 0 Å². The van der Waals surface area contributed by atoms with Crippen molar-refractivity contribution in [3.8, 4) is 0 Å².